The van der Waals surface area contributed by atoms with Crippen molar-refractivity contribution in [3.05, 3.63) is 88.9 Å². The van der Waals surface area contributed by atoms with Crippen LogP contribution in [0.4, 0.5) is 11.4 Å². The molecule has 0 atom stereocenters. The van der Waals surface area contributed by atoms with Gasteiger partial charge in [0.05, 0.1) is 25.6 Å². The third kappa shape index (κ3) is 5.31. The van der Waals surface area contributed by atoms with Gasteiger partial charge in [0.25, 0.3) is 5.91 Å². The van der Waals surface area contributed by atoms with E-state index in [4.69, 9.17) is 16.3 Å². The first kappa shape index (κ1) is 21.7. The fourth-order valence-electron chi connectivity index (χ4n) is 2.86. The molecule has 0 bridgehead atoms. The second kappa shape index (κ2) is 9.19. The zero-order valence-corrected chi connectivity index (χ0v) is 18.1. The van der Waals surface area contributed by atoms with E-state index >= 15 is 0 Å². The number of nitrogens with zero attached hydrogens (tertiary/aromatic N) is 1. The molecule has 0 saturated heterocycles. The number of hydrogen-bond acceptors (Lipinski definition) is 4. The molecule has 30 heavy (non-hydrogen) atoms. The minimum atomic E-state index is -3.56. The Bertz CT molecular complexity index is 1150. The van der Waals surface area contributed by atoms with Gasteiger partial charge in [0, 0.05) is 22.3 Å². The Hall–Kier alpha value is -3.03. The second-order valence-electron chi connectivity index (χ2n) is 6.59. The molecule has 0 aliphatic rings. The van der Waals surface area contributed by atoms with Gasteiger partial charge in [0.1, 0.15) is 5.75 Å². The van der Waals surface area contributed by atoms with Crippen molar-refractivity contribution in [2.24, 2.45) is 0 Å². The lowest BCUT2D eigenvalue weighted by atomic mass is 10.1. The predicted octanol–water partition coefficient (Wildman–Crippen LogP) is 4.57. The lowest BCUT2D eigenvalue weighted by Gasteiger charge is -2.23. The topological polar surface area (TPSA) is 75.7 Å². The van der Waals surface area contributed by atoms with E-state index < -0.39 is 10.0 Å². The Kier molecular flexibility index (Phi) is 6.64. The summed E-state index contributed by atoms with van der Waals surface area (Å²) in [5.41, 5.74) is 2.12. The molecule has 1 amide bonds. The van der Waals surface area contributed by atoms with Crippen LogP contribution < -0.4 is 14.4 Å². The molecule has 3 aromatic rings. The molecule has 3 aromatic carbocycles. The smallest absolute Gasteiger partial charge is 0.255 e. The number of hydrogen-bond donors (Lipinski definition) is 1. The molecule has 0 spiro atoms. The Morgan fingerprint density at radius 1 is 1.03 bits per heavy atom. The summed E-state index contributed by atoms with van der Waals surface area (Å²) in [6.07, 6.45) is 1.13. The van der Waals surface area contributed by atoms with Crippen molar-refractivity contribution in [2.75, 3.05) is 23.0 Å². The van der Waals surface area contributed by atoms with E-state index in [-0.39, 0.29) is 12.5 Å². The molecule has 0 aromatic heterocycles. The van der Waals surface area contributed by atoms with E-state index in [1.165, 1.54) is 4.31 Å². The Labute approximate surface area is 181 Å². The van der Waals surface area contributed by atoms with Crippen LogP contribution in [0.3, 0.4) is 0 Å². The normalized spacial score (nSPS) is 11.0. The average molecular weight is 445 g/mol. The van der Waals surface area contributed by atoms with E-state index in [0.717, 1.165) is 6.26 Å². The van der Waals surface area contributed by atoms with Crippen molar-refractivity contribution in [1.29, 1.82) is 0 Å². The minimum Gasteiger partial charge on any atom is -0.497 e. The standard InChI is InChI=1S/C22H21ClN2O4S/c1-29-20-8-5-7-18(14-20)24-22(26)16-10-12-19(13-11-16)25(30(2,27)28)15-17-6-3-4-9-21(17)23/h3-14H,15H2,1-2H3,(H,24,26). The lowest BCUT2D eigenvalue weighted by Crippen LogP contribution is -2.29. The van der Waals surface area contributed by atoms with Crippen LogP contribution in [0.1, 0.15) is 15.9 Å². The van der Waals surface area contributed by atoms with Crippen molar-refractivity contribution in [1.82, 2.24) is 0 Å². The number of sulfonamides is 1. The maximum Gasteiger partial charge on any atom is 0.255 e. The summed E-state index contributed by atoms with van der Waals surface area (Å²) in [5.74, 6) is 0.318. The van der Waals surface area contributed by atoms with Gasteiger partial charge in [-0.25, -0.2) is 8.42 Å². The average Bonchev–Trinajstić information content (AvgIpc) is 2.72. The molecule has 3 rings (SSSR count). The molecule has 0 aliphatic carbocycles. The van der Waals surface area contributed by atoms with Crippen LogP contribution in [0.5, 0.6) is 5.75 Å². The molecule has 156 valence electrons. The van der Waals surface area contributed by atoms with Gasteiger partial charge in [0.2, 0.25) is 10.0 Å². The number of amides is 1. The highest BCUT2D eigenvalue weighted by atomic mass is 35.5. The number of methoxy groups -OCH3 is 1. The quantitative estimate of drug-likeness (QED) is 0.579. The highest BCUT2D eigenvalue weighted by Crippen LogP contribution is 2.25. The molecule has 0 unspecified atom stereocenters. The molecule has 8 heteroatoms. The SMILES string of the molecule is COc1cccc(NC(=O)c2ccc(N(Cc3ccccc3Cl)S(C)(=O)=O)cc2)c1. The molecule has 0 radical (unpaired) electrons. The van der Waals surface area contributed by atoms with E-state index in [1.807, 2.05) is 0 Å². The van der Waals surface area contributed by atoms with Gasteiger partial charge in [-0.3, -0.25) is 9.10 Å². The van der Waals surface area contributed by atoms with Gasteiger partial charge < -0.3 is 10.1 Å². The van der Waals surface area contributed by atoms with Crippen molar-refractivity contribution >= 4 is 38.9 Å². The predicted molar refractivity (Wildman–Crippen MR) is 120 cm³/mol. The summed E-state index contributed by atoms with van der Waals surface area (Å²) in [6, 6.07) is 20.4. The summed E-state index contributed by atoms with van der Waals surface area (Å²) < 4.78 is 31.1. The number of rotatable bonds is 7. The number of anilines is 2. The number of carbonyl (C=O) groups is 1. The van der Waals surface area contributed by atoms with Crippen molar-refractivity contribution in [2.45, 2.75) is 6.54 Å². The van der Waals surface area contributed by atoms with E-state index in [9.17, 15) is 13.2 Å². The highest BCUT2D eigenvalue weighted by Gasteiger charge is 2.19. The van der Waals surface area contributed by atoms with Crippen molar-refractivity contribution < 1.29 is 17.9 Å². The monoisotopic (exact) mass is 444 g/mol. The number of halogens is 1. The van der Waals surface area contributed by atoms with Crippen LogP contribution in [0.2, 0.25) is 5.02 Å². The first-order valence-corrected chi connectivity index (χ1v) is 11.3. The maximum atomic E-state index is 12.5. The minimum absolute atomic E-state index is 0.0911. The third-order valence-corrected chi connectivity index (χ3v) is 5.93. The fourth-order valence-corrected chi connectivity index (χ4v) is 3.94. The van der Waals surface area contributed by atoms with Gasteiger partial charge in [-0.1, -0.05) is 35.9 Å². The summed E-state index contributed by atoms with van der Waals surface area (Å²) in [7, 11) is -2.01. The fraction of sp³-hybridized carbons (Fsp3) is 0.136. The molecule has 0 fully saturated rings. The summed E-state index contributed by atoms with van der Waals surface area (Å²) in [4.78, 5) is 12.5. The molecule has 6 nitrogen and oxygen atoms in total. The van der Waals surface area contributed by atoms with E-state index in [1.54, 1.807) is 79.9 Å². The summed E-state index contributed by atoms with van der Waals surface area (Å²) >= 11 is 6.19. The number of carbonyl (C=O) groups excluding carboxylic acids is 1. The first-order valence-electron chi connectivity index (χ1n) is 9.04. The molecule has 0 aliphatic heterocycles. The zero-order valence-electron chi connectivity index (χ0n) is 16.5. The van der Waals surface area contributed by atoms with Crippen molar-refractivity contribution in [3.63, 3.8) is 0 Å². The van der Waals surface area contributed by atoms with Crippen LogP contribution >= 0.6 is 11.6 Å². The van der Waals surface area contributed by atoms with Gasteiger partial charge in [0.15, 0.2) is 0 Å². The second-order valence-corrected chi connectivity index (χ2v) is 8.91. The van der Waals surface area contributed by atoms with Gasteiger partial charge in [-0.05, 0) is 48.0 Å². The van der Waals surface area contributed by atoms with Crippen LogP contribution in [-0.2, 0) is 16.6 Å². The largest absolute Gasteiger partial charge is 0.497 e. The summed E-state index contributed by atoms with van der Waals surface area (Å²) in [5, 5.41) is 3.28. The highest BCUT2D eigenvalue weighted by molar-refractivity contribution is 7.92. The molecular weight excluding hydrogens is 424 g/mol. The van der Waals surface area contributed by atoms with Gasteiger partial charge >= 0.3 is 0 Å². The van der Waals surface area contributed by atoms with Gasteiger partial charge in [-0.15, -0.1) is 0 Å². The van der Waals surface area contributed by atoms with E-state index in [2.05, 4.69) is 5.32 Å². The van der Waals surface area contributed by atoms with Crippen LogP contribution in [-0.4, -0.2) is 27.7 Å². The Balaban J connectivity index is 1.81. The van der Waals surface area contributed by atoms with Crippen molar-refractivity contribution in [3.8, 4) is 5.75 Å². The van der Waals surface area contributed by atoms with Crippen LogP contribution in [0.15, 0.2) is 72.8 Å². The third-order valence-electron chi connectivity index (χ3n) is 4.42. The first-order chi connectivity index (χ1) is 14.3. The number of nitrogens with one attached hydrogen (secondary N) is 1. The maximum absolute atomic E-state index is 12.5. The summed E-state index contributed by atoms with van der Waals surface area (Å²) in [6.45, 7) is 0.0911. The Morgan fingerprint density at radius 3 is 2.37 bits per heavy atom. The van der Waals surface area contributed by atoms with Crippen LogP contribution in [0.25, 0.3) is 0 Å². The van der Waals surface area contributed by atoms with E-state index in [0.29, 0.717) is 33.3 Å². The number of benzene rings is 3. The molecule has 0 saturated carbocycles. The zero-order chi connectivity index (χ0) is 21.7. The Morgan fingerprint density at radius 2 is 1.73 bits per heavy atom. The molecule has 0 heterocycles. The molecular formula is C22H21ClN2O4S. The number of ether oxygens (including phenoxy) is 1. The van der Waals surface area contributed by atoms with Crippen LogP contribution in [0, 0.1) is 0 Å². The van der Waals surface area contributed by atoms with Gasteiger partial charge in [-0.2, -0.15) is 0 Å². The lowest BCUT2D eigenvalue weighted by molar-refractivity contribution is 0.102. The molecule has 1 N–H and O–H groups in total.